The van der Waals surface area contributed by atoms with Crippen LogP contribution in [0.4, 0.5) is 4.39 Å². The molecule has 1 fully saturated rings. The summed E-state index contributed by atoms with van der Waals surface area (Å²) in [7, 11) is 0. The van der Waals surface area contributed by atoms with Crippen LogP contribution in [-0.2, 0) is 9.59 Å². The quantitative estimate of drug-likeness (QED) is 0.888. The highest BCUT2D eigenvalue weighted by Gasteiger charge is 2.30. The highest BCUT2D eigenvalue weighted by atomic mass is 19.1. The standard InChI is InChI=1S/C19H26FN3O3/c1-13(21-18(26)19(2,3)4)16(24)22-8-10-23(11-9-22)17(25)14-6-5-7-15(20)12-14/h5-7,12-13H,8-11H2,1-4H3,(H,21,26). The van der Waals surface area contributed by atoms with E-state index in [9.17, 15) is 18.8 Å². The summed E-state index contributed by atoms with van der Waals surface area (Å²) in [6, 6.07) is 4.96. The molecular formula is C19H26FN3O3. The third-order valence-corrected chi connectivity index (χ3v) is 4.35. The van der Waals surface area contributed by atoms with Crippen molar-refractivity contribution in [1.29, 1.82) is 0 Å². The number of carbonyl (C=O) groups excluding carboxylic acids is 3. The lowest BCUT2D eigenvalue weighted by Crippen LogP contribution is -2.56. The van der Waals surface area contributed by atoms with E-state index in [-0.39, 0.29) is 17.7 Å². The van der Waals surface area contributed by atoms with Gasteiger partial charge in [-0.3, -0.25) is 14.4 Å². The van der Waals surface area contributed by atoms with Crippen molar-refractivity contribution in [3.8, 4) is 0 Å². The van der Waals surface area contributed by atoms with Crippen LogP contribution in [0.15, 0.2) is 24.3 Å². The predicted octanol–water partition coefficient (Wildman–Crippen LogP) is 1.66. The van der Waals surface area contributed by atoms with Gasteiger partial charge in [0.25, 0.3) is 5.91 Å². The first-order valence-electron chi connectivity index (χ1n) is 8.74. The van der Waals surface area contributed by atoms with Crippen molar-refractivity contribution in [2.75, 3.05) is 26.2 Å². The van der Waals surface area contributed by atoms with Crippen molar-refractivity contribution < 1.29 is 18.8 Å². The molecule has 1 heterocycles. The van der Waals surface area contributed by atoms with Gasteiger partial charge < -0.3 is 15.1 Å². The highest BCUT2D eigenvalue weighted by Crippen LogP contribution is 2.14. The summed E-state index contributed by atoms with van der Waals surface area (Å²) in [5.41, 5.74) is -0.263. The monoisotopic (exact) mass is 363 g/mol. The Morgan fingerprint density at radius 1 is 1.08 bits per heavy atom. The topological polar surface area (TPSA) is 69.7 Å². The number of halogens is 1. The summed E-state index contributed by atoms with van der Waals surface area (Å²) in [6.45, 7) is 8.55. The molecule has 1 aliphatic rings. The minimum Gasteiger partial charge on any atom is -0.344 e. The van der Waals surface area contributed by atoms with Crippen LogP contribution in [0.2, 0.25) is 0 Å². The molecule has 2 rings (SSSR count). The molecular weight excluding hydrogens is 337 g/mol. The Morgan fingerprint density at radius 2 is 1.65 bits per heavy atom. The van der Waals surface area contributed by atoms with Crippen LogP contribution >= 0.6 is 0 Å². The van der Waals surface area contributed by atoms with Crippen molar-refractivity contribution >= 4 is 17.7 Å². The Labute approximate surface area is 153 Å². The normalized spacial score (nSPS) is 16.2. The second-order valence-corrected chi connectivity index (χ2v) is 7.57. The molecule has 1 aromatic rings. The summed E-state index contributed by atoms with van der Waals surface area (Å²) in [5, 5.41) is 2.73. The number of rotatable bonds is 3. The highest BCUT2D eigenvalue weighted by molar-refractivity contribution is 5.94. The summed E-state index contributed by atoms with van der Waals surface area (Å²) in [6.07, 6.45) is 0. The van der Waals surface area contributed by atoms with Gasteiger partial charge in [0, 0.05) is 37.2 Å². The van der Waals surface area contributed by atoms with Gasteiger partial charge in [0.2, 0.25) is 11.8 Å². The van der Waals surface area contributed by atoms with Crippen LogP contribution in [0.25, 0.3) is 0 Å². The molecule has 0 saturated carbocycles. The number of hydrogen-bond donors (Lipinski definition) is 1. The average molecular weight is 363 g/mol. The maximum atomic E-state index is 13.3. The zero-order valence-corrected chi connectivity index (χ0v) is 15.7. The molecule has 1 aromatic carbocycles. The Bertz CT molecular complexity index is 692. The predicted molar refractivity (Wildman–Crippen MR) is 95.9 cm³/mol. The zero-order chi connectivity index (χ0) is 19.5. The first-order chi connectivity index (χ1) is 12.1. The largest absolute Gasteiger partial charge is 0.344 e. The van der Waals surface area contributed by atoms with E-state index in [1.807, 2.05) is 0 Å². The third-order valence-electron chi connectivity index (χ3n) is 4.35. The molecule has 1 aliphatic heterocycles. The second kappa shape index (κ2) is 7.85. The van der Waals surface area contributed by atoms with Crippen LogP contribution in [0, 0.1) is 11.2 Å². The van der Waals surface area contributed by atoms with Crippen LogP contribution in [0.3, 0.4) is 0 Å². The summed E-state index contributed by atoms with van der Waals surface area (Å²) in [4.78, 5) is 40.2. The molecule has 0 aromatic heterocycles. The molecule has 0 aliphatic carbocycles. The molecule has 1 unspecified atom stereocenters. The Hall–Kier alpha value is -2.44. The third kappa shape index (κ3) is 4.80. The SMILES string of the molecule is CC(NC(=O)C(C)(C)C)C(=O)N1CCN(C(=O)c2cccc(F)c2)CC1. The van der Waals surface area contributed by atoms with Crippen LogP contribution < -0.4 is 5.32 Å². The van der Waals surface area contributed by atoms with Crippen molar-refractivity contribution in [1.82, 2.24) is 15.1 Å². The van der Waals surface area contributed by atoms with Crippen molar-refractivity contribution in [3.05, 3.63) is 35.6 Å². The van der Waals surface area contributed by atoms with Crippen LogP contribution in [0.5, 0.6) is 0 Å². The molecule has 0 spiro atoms. The fourth-order valence-electron chi connectivity index (χ4n) is 2.68. The fraction of sp³-hybridized carbons (Fsp3) is 0.526. The summed E-state index contributed by atoms with van der Waals surface area (Å²) < 4.78 is 13.3. The van der Waals surface area contributed by atoms with E-state index in [0.29, 0.717) is 31.7 Å². The second-order valence-electron chi connectivity index (χ2n) is 7.57. The van der Waals surface area contributed by atoms with E-state index in [1.54, 1.807) is 43.6 Å². The molecule has 1 atom stereocenters. The number of nitrogens with zero attached hydrogens (tertiary/aromatic N) is 2. The Morgan fingerprint density at radius 3 is 2.19 bits per heavy atom. The van der Waals surface area contributed by atoms with Crippen molar-refractivity contribution in [3.63, 3.8) is 0 Å². The van der Waals surface area contributed by atoms with Gasteiger partial charge in [0.05, 0.1) is 0 Å². The molecule has 3 amide bonds. The smallest absolute Gasteiger partial charge is 0.254 e. The summed E-state index contributed by atoms with van der Waals surface area (Å²) >= 11 is 0. The fourth-order valence-corrected chi connectivity index (χ4v) is 2.68. The van der Waals surface area contributed by atoms with E-state index in [1.165, 1.54) is 18.2 Å². The zero-order valence-electron chi connectivity index (χ0n) is 15.7. The van der Waals surface area contributed by atoms with Gasteiger partial charge in [0.15, 0.2) is 0 Å². The average Bonchev–Trinajstić information content (AvgIpc) is 2.59. The van der Waals surface area contributed by atoms with E-state index in [2.05, 4.69) is 5.32 Å². The lowest BCUT2D eigenvalue weighted by molar-refractivity contribution is -0.139. The lowest BCUT2D eigenvalue weighted by Gasteiger charge is -2.36. The molecule has 142 valence electrons. The van der Waals surface area contributed by atoms with Gasteiger partial charge in [-0.15, -0.1) is 0 Å². The first kappa shape index (κ1) is 19.9. The Balaban J connectivity index is 1.90. The minimum atomic E-state index is -0.618. The number of benzene rings is 1. The van der Waals surface area contributed by atoms with Crippen molar-refractivity contribution in [2.24, 2.45) is 5.41 Å². The van der Waals surface area contributed by atoms with Gasteiger partial charge >= 0.3 is 0 Å². The molecule has 1 saturated heterocycles. The number of hydrogen-bond acceptors (Lipinski definition) is 3. The van der Waals surface area contributed by atoms with E-state index in [4.69, 9.17) is 0 Å². The molecule has 1 N–H and O–H groups in total. The number of nitrogens with one attached hydrogen (secondary N) is 1. The van der Waals surface area contributed by atoms with E-state index < -0.39 is 17.3 Å². The molecule has 6 nitrogen and oxygen atoms in total. The maximum absolute atomic E-state index is 13.3. The lowest BCUT2D eigenvalue weighted by atomic mass is 9.95. The van der Waals surface area contributed by atoms with Crippen molar-refractivity contribution in [2.45, 2.75) is 33.7 Å². The number of carbonyl (C=O) groups is 3. The van der Waals surface area contributed by atoms with Crippen LogP contribution in [-0.4, -0.2) is 59.7 Å². The maximum Gasteiger partial charge on any atom is 0.254 e. The van der Waals surface area contributed by atoms with Gasteiger partial charge in [0.1, 0.15) is 11.9 Å². The minimum absolute atomic E-state index is 0.166. The van der Waals surface area contributed by atoms with E-state index in [0.717, 1.165) is 0 Å². The molecule has 7 heteroatoms. The van der Waals surface area contributed by atoms with Crippen LogP contribution in [0.1, 0.15) is 38.1 Å². The summed E-state index contributed by atoms with van der Waals surface area (Å²) in [5.74, 6) is -1.04. The van der Waals surface area contributed by atoms with Gasteiger partial charge in [-0.05, 0) is 25.1 Å². The Kier molecular flexibility index (Phi) is 6.00. The first-order valence-corrected chi connectivity index (χ1v) is 8.74. The number of piperazine rings is 1. The van der Waals surface area contributed by atoms with E-state index >= 15 is 0 Å². The van der Waals surface area contributed by atoms with Gasteiger partial charge in [-0.2, -0.15) is 0 Å². The molecule has 26 heavy (non-hydrogen) atoms. The molecule has 0 radical (unpaired) electrons. The number of amides is 3. The van der Waals surface area contributed by atoms with Gasteiger partial charge in [-0.25, -0.2) is 4.39 Å². The van der Waals surface area contributed by atoms with Gasteiger partial charge in [-0.1, -0.05) is 26.8 Å². The molecule has 0 bridgehead atoms.